The van der Waals surface area contributed by atoms with Gasteiger partial charge in [0.1, 0.15) is 0 Å². The number of nitrogens with one attached hydrogen (secondary N) is 1. The van der Waals surface area contributed by atoms with Gasteiger partial charge in [0.05, 0.1) is 6.61 Å². The minimum atomic E-state index is -0.227. The Labute approximate surface area is 93.5 Å². The molecule has 0 heterocycles. The van der Waals surface area contributed by atoms with E-state index in [1.807, 2.05) is 32.0 Å². The first kappa shape index (κ1) is 11.7. The zero-order valence-corrected chi connectivity index (χ0v) is 10.1. The van der Waals surface area contributed by atoms with E-state index < -0.39 is 0 Å². The second kappa shape index (κ2) is 4.91. The van der Waals surface area contributed by atoms with Crippen LogP contribution in [0.2, 0.25) is 0 Å². The average Bonchev–Trinajstić information content (AvgIpc) is 2.17. The van der Waals surface area contributed by atoms with Gasteiger partial charge in [-0.3, -0.25) is 0 Å². The van der Waals surface area contributed by atoms with E-state index >= 15 is 0 Å². The molecule has 14 heavy (non-hydrogen) atoms. The Bertz CT molecular complexity index is 299. The lowest BCUT2D eigenvalue weighted by molar-refractivity contribution is 0.187. The smallest absolute Gasteiger partial charge is 0.0607 e. The lowest BCUT2D eigenvalue weighted by Crippen LogP contribution is -2.42. The summed E-state index contributed by atoms with van der Waals surface area (Å²) in [6.45, 7) is 4.85. The van der Waals surface area contributed by atoms with Gasteiger partial charge in [-0.1, -0.05) is 34.1 Å². The summed E-state index contributed by atoms with van der Waals surface area (Å²) in [4.78, 5) is 0. The van der Waals surface area contributed by atoms with E-state index in [0.29, 0.717) is 0 Å². The molecule has 2 N–H and O–H groups in total. The van der Waals surface area contributed by atoms with Crippen LogP contribution < -0.4 is 5.32 Å². The molecular weight excluding hydrogens is 242 g/mol. The molecule has 0 aliphatic carbocycles. The third-order valence-corrected chi connectivity index (χ3v) is 2.88. The highest BCUT2D eigenvalue weighted by atomic mass is 79.9. The largest absolute Gasteiger partial charge is 0.394 e. The van der Waals surface area contributed by atoms with Crippen molar-refractivity contribution >= 4 is 15.9 Å². The molecule has 0 unspecified atom stereocenters. The first-order valence-corrected chi connectivity index (χ1v) is 5.44. The minimum absolute atomic E-state index is 0.136. The molecule has 0 aromatic heterocycles. The van der Waals surface area contributed by atoms with Crippen LogP contribution in [0.15, 0.2) is 28.7 Å². The van der Waals surface area contributed by atoms with Crippen molar-refractivity contribution in [1.82, 2.24) is 5.32 Å². The second-order valence-corrected chi connectivity index (χ2v) is 4.84. The maximum atomic E-state index is 9.07. The highest BCUT2D eigenvalue weighted by Gasteiger charge is 2.15. The second-order valence-electron chi connectivity index (χ2n) is 3.99. The molecule has 1 aromatic rings. The average molecular weight is 258 g/mol. The highest BCUT2D eigenvalue weighted by molar-refractivity contribution is 9.10. The molecule has 0 spiro atoms. The van der Waals surface area contributed by atoms with Gasteiger partial charge >= 0.3 is 0 Å². The number of benzene rings is 1. The first-order valence-electron chi connectivity index (χ1n) is 4.64. The van der Waals surface area contributed by atoms with Crippen molar-refractivity contribution in [1.29, 1.82) is 0 Å². The van der Waals surface area contributed by atoms with E-state index in [1.165, 1.54) is 5.56 Å². The maximum absolute atomic E-state index is 9.07. The summed E-state index contributed by atoms with van der Waals surface area (Å²) in [5.41, 5.74) is 0.976. The maximum Gasteiger partial charge on any atom is 0.0607 e. The molecule has 0 amide bonds. The van der Waals surface area contributed by atoms with E-state index in [9.17, 15) is 0 Å². The predicted octanol–water partition coefficient (Wildman–Crippen LogP) is 2.31. The summed E-state index contributed by atoms with van der Waals surface area (Å²) in [6.07, 6.45) is 0. The van der Waals surface area contributed by atoms with Crippen LogP contribution in [0.4, 0.5) is 0 Å². The summed E-state index contributed by atoms with van der Waals surface area (Å²) in [5.74, 6) is 0. The van der Waals surface area contributed by atoms with Gasteiger partial charge in [0.2, 0.25) is 0 Å². The molecule has 0 bridgehead atoms. The molecule has 0 aliphatic rings. The summed E-state index contributed by atoms with van der Waals surface area (Å²) < 4.78 is 1.10. The standard InChI is InChI=1S/C11H16BrNO/c1-11(2,8-14)13-7-9-5-3-4-6-10(9)12/h3-6,13-14H,7-8H2,1-2H3. The Hall–Kier alpha value is -0.380. The van der Waals surface area contributed by atoms with E-state index in [2.05, 4.69) is 27.3 Å². The highest BCUT2D eigenvalue weighted by Crippen LogP contribution is 2.16. The number of aliphatic hydroxyl groups excluding tert-OH is 1. The Morgan fingerprint density at radius 2 is 2.00 bits per heavy atom. The van der Waals surface area contributed by atoms with Gasteiger partial charge in [-0.2, -0.15) is 0 Å². The lowest BCUT2D eigenvalue weighted by Gasteiger charge is -2.23. The van der Waals surface area contributed by atoms with E-state index in [-0.39, 0.29) is 12.1 Å². The summed E-state index contributed by atoms with van der Waals surface area (Å²) in [5, 5.41) is 12.4. The van der Waals surface area contributed by atoms with Crippen LogP contribution in [0.25, 0.3) is 0 Å². The minimum Gasteiger partial charge on any atom is -0.394 e. The van der Waals surface area contributed by atoms with E-state index in [1.54, 1.807) is 0 Å². The Morgan fingerprint density at radius 3 is 2.57 bits per heavy atom. The van der Waals surface area contributed by atoms with Crippen LogP contribution in [-0.2, 0) is 6.54 Å². The third kappa shape index (κ3) is 3.40. The van der Waals surface area contributed by atoms with Gasteiger partial charge in [0.25, 0.3) is 0 Å². The third-order valence-electron chi connectivity index (χ3n) is 2.11. The zero-order chi connectivity index (χ0) is 10.6. The molecule has 0 radical (unpaired) electrons. The molecular formula is C11H16BrNO. The van der Waals surface area contributed by atoms with Crippen LogP contribution >= 0.6 is 15.9 Å². The van der Waals surface area contributed by atoms with Crippen molar-refractivity contribution in [3.8, 4) is 0 Å². The van der Waals surface area contributed by atoms with Crippen molar-refractivity contribution in [3.05, 3.63) is 34.3 Å². The monoisotopic (exact) mass is 257 g/mol. The first-order chi connectivity index (χ1) is 6.55. The number of aliphatic hydroxyl groups is 1. The van der Waals surface area contributed by atoms with Gasteiger partial charge in [-0.15, -0.1) is 0 Å². The summed E-state index contributed by atoms with van der Waals surface area (Å²) in [7, 11) is 0. The number of halogens is 1. The molecule has 0 fully saturated rings. The zero-order valence-electron chi connectivity index (χ0n) is 8.55. The van der Waals surface area contributed by atoms with Crippen molar-refractivity contribution in [2.45, 2.75) is 25.9 Å². The summed E-state index contributed by atoms with van der Waals surface area (Å²) in [6, 6.07) is 8.08. The van der Waals surface area contributed by atoms with Crippen LogP contribution in [0.1, 0.15) is 19.4 Å². The van der Waals surface area contributed by atoms with E-state index in [0.717, 1.165) is 11.0 Å². The number of rotatable bonds is 4. The van der Waals surface area contributed by atoms with Crippen LogP contribution in [0, 0.1) is 0 Å². The SMILES string of the molecule is CC(C)(CO)NCc1ccccc1Br. The Balaban J connectivity index is 2.58. The van der Waals surface area contributed by atoms with Gasteiger partial charge in [-0.05, 0) is 25.5 Å². The number of hydrogen-bond donors (Lipinski definition) is 2. The molecule has 1 rings (SSSR count). The summed E-state index contributed by atoms with van der Waals surface area (Å²) >= 11 is 3.48. The topological polar surface area (TPSA) is 32.3 Å². The van der Waals surface area contributed by atoms with Crippen molar-refractivity contribution in [2.24, 2.45) is 0 Å². The molecule has 1 aromatic carbocycles. The van der Waals surface area contributed by atoms with Crippen LogP contribution in [-0.4, -0.2) is 17.3 Å². The van der Waals surface area contributed by atoms with Gasteiger partial charge in [-0.25, -0.2) is 0 Å². The van der Waals surface area contributed by atoms with Gasteiger partial charge in [0.15, 0.2) is 0 Å². The molecule has 2 nitrogen and oxygen atoms in total. The number of hydrogen-bond acceptors (Lipinski definition) is 2. The molecule has 3 heteroatoms. The fourth-order valence-corrected chi connectivity index (χ4v) is 1.46. The molecule has 0 saturated carbocycles. The van der Waals surface area contributed by atoms with Crippen LogP contribution in [0.3, 0.4) is 0 Å². The Kier molecular flexibility index (Phi) is 4.11. The van der Waals surface area contributed by atoms with Crippen molar-refractivity contribution < 1.29 is 5.11 Å². The van der Waals surface area contributed by atoms with E-state index in [4.69, 9.17) is 5.11 Å². The van der Waals surface area contributed by atoms with Crippen molar-refractivity contribution in [2.75, 3.05) is 6.61 Å². The molecule has 0 aliphatic heterocycles. The molecule has 78 valence electrons. The lowest BCUT2D eigenvalue weighted by atomic mass is 10.1. The Morgan fingerprint density at radius 1 is 1.36 bits per heavy atom. The van der Waals surface area contributed by atoms with Gasteiger partial charge < -0.3 is 10.4 Å². The fourth-order valence-electron chi connectivity index (χ4n) is 1.03. The molecule has 0 atom stereocenters. The molecule has 0 saturated heterocycles. The van der Waals surface area contributed by atoms with Gasteiger partial charge in [0, 0.05) is 16.6 Å². The van der Waals surface area contributed by atoms with Crippen LogP contribution in [0.5, 0.6) is 0 Å². The quantitative estimate of drug-likeness (QED) is 0.868. The fraction of sp³-hybridized carbons (Fsp3) is 0.455. The normalized spacial score (nSPS) is 11.7. The predicted molar refractivity (Wildman–Crippen MR) is 62.1 cm³/mol. The van der Waals surface area contributed by atoms with Crippen molar-refractivity contribution in [3.63, 3.8) is 0 Å².